The molecule has 8 heteroatoms. The number of benzene rings is 1. The minimum Gasteiger partial charge on any atom is -0.497 e. The molecule has 2 aromatic rings. The Kier molecular flexibility index (Phi) is 8.06. The SMILES string of the molecule is CCN(C(C)=O)c1nc(COC(=O)CCCOc2ccc(OC)cc2)cs1. The van der Waals surface area contributed by atoms with E-state index in [0.717, 1.165) is 11.5 Å². The second kappa shape index (κ2) is 10.5. The number of esters is 1. The number of thiazole rings is 1. The Bertz CT molecular complexity index is 745. The van der Waals surface area contributed by atoms with Crippen LogP contribution < -0.4 is 14.4 Å². The Morgan fingerprint density at radius 1 is 1.19 bits per heavy atom. The molecule has 0 N–H and O–H groups in total. The van der Waals surface area contributed by atoms with Crippen LogP contribution in [0.3, 0.4) is 0 Å². The molecular formula is C19H24N2O5S. The zero-order valence-corrected chi connectivity index (χ0v) is 16.6. The predicted octanol–water partition coefficient (Wildman–Crippen LogP) is 3.43. The van der Waals surface area contributed by atoms with Crippen molar-refractivity contribution in [3.8, 4) is 11.5 Å². The molecule has 0 atom stereocenters. The maximum absolute atomic E-state index is 11.8. The molecule has 1 aromatic heterocycles. The molecule has 27 heavy (non-hydrogen) atoms. The van der Waals surface area contributed by atoms with Crippen LogP contribution in [0.25, 0.3) is 0 Å². The summed E-state index contributed by atoms with van der Waals surface area (Å²) >= 11 is 1.36. The zero-order valence-electron chi connectivity index (χ0n) is 15.8. The zero-order chi connectivity index (χ0) is 19.6. The van der Waals surface area contributed by atoms with E-state index >= 15 is 0 Å². The molecule has 2 rings (SSSR count). The van der Waals surface area contributed by atoms with Crippen molar-refractivity contribution >= 4 is 28.3 Å². The third-order valence-corrected chi connectivity index (χ3v) is 4.61. The molecule has 1 heterocycles. The van der Waals surface area contributed by atoms with Gasteiger partial charge in [0.1, 0.15) is 18.1 Å². The molecule has 1 aromatic carbocycles. The highest BCUT2D eigenvalue weighted by Gasteiger charge is 2.14. The fourth-order valence-electron chi connectivity index (χ4n) is 2.28. The smallest absolute Gasteiger partial charge is 0.306 e. The van der Waals surface area contributed by atoms with Crippen LogP contribution in [0.1, 0.15) is 32.4 Å². The van der Waals surface area contributed by atoms with Crippen molar-refractivity contribution in [3.63, 3.8) is 0 Å². The summed E-state index contributed by atoms with van der Waals surface area (Å²) in [5.74, 6) is 1.13. The van der Waals surface area contributed by atoms with E-state index in [4.69, 9.17) is 14.2 Å². The molecule has 146 valence electrons. The lowest BCUT2D eigenvalue weighted by atomic mass is 10.3. The van der Waals surface area contributed by atoms with E-state index < -0.39 is 0 Å². The van der Waals surface area contributed by atoms with Gasteiger partial charge in [-0.1, -0.05) is 0 Å². The fourth-order valence-corrected chi connectivity index (χ4v) is 3.20. The van der Waals surface area contributed by atoms with Crippen LogP contribution in [-0.4, -0.2) is 37.1 Å². The molecule has 1 amide bonds. The maximum Gasteiger partial charge on any atom is 0.306 e. The van der Waals surface area contributed by atoms with Crippen LogP contribution >= 0.6 is 11.3 Å². The monoisotopic (exact) mass is 392 g/mol. The average molecular weight is 392 g/mol. The maximum atomic E-state index is 11.8. The standard InChI is InChI=1S/C19H24N2O5S/c1-4-21(14(2)22)19-20-15(13-27-19)12-26-18(23)6-5-11-25-17-9-7-16(24-3)8-10-17/h7-10,13H,4-6,11-12H2,1-3H3. The molecule has 0 aliphatic heterocycles. The average Bonchev–Trinajstić information content (AvgIpc) is 3.13. The summed E-state index contributed by atoms with van der Waals surface area (Å²) in [6.45, 7) is 4.46. The Morgan fingerprint density at radius 2 is 1.89 bits per heavy atom. The van der Waals surface area contributed by atoms with Gasteiger partial charge in [0.25, 0.3) is 0 Å². The van der Waals surface area contributed by atoms with Gasteiger partial charge in [-0.15, -0.1) is 11.3 Å². The van der Waals surface area contributed by atoms with Crippen molar-refractivity contribution in [2.24, 2.45) is 0 Å². The Labute approximate surface area is 162 Å². The first kappa shape index (κ1) is 20.7. The summed E-state index contributed by atoms with van der Waals surface area (Å²) in [6.07, 6.45) is 0.822. The molecule has 0 saturated heterocycles. The van der Waals surface area contributed by atoms with Gasteiger partial charge in [0, 0.05) is 25.3 Å². The van der Waals surface area contributed by atoms with Crippen molar-refractivity contribution in [1.29, 1.82) is 0 Å². The highest BCUT2D eigenvalue weighted by molar-refractivity contribution is 7.14. The van der Waals surface area contributed by atoms with E-state index in [9.17, 15) is 9.59 Å². The lowest BCUT2D eigenvalue weighted by Crippen LogP contribution is -2.27. The van der Waals surface area contributed by atoms with Crippen LogP contribution in [-0.2, 0) is 20.9 Å². The van der Waals surface area contributed by atoms with Crippen molar-refractivity contribution in [1.82, 2.24) is 4.98 Å². The van der Waals surface area contributed by atoms with E-state index in [0.29, 0.717) is 30.4 Å². The summed E-state index contributed by atoms with van der Waals surface area (Å²) in [6, 6.07) is 7.27. The van der Waals surface area contributed by atoms with Crippen LogP contribution in [0.2, 0.25) is 0 Å². The fraction of sp³-hybridized carbons (Fsp3) is 0.421. The van der Waals surface area contributed by atoms with Gasteiger partial charge in [0.2, 0.25) is 5.91 Å². The lowest BCUT2D eigenvalue weighted by Gasteiger charge is -2.14. The second-order valence-corrected chi connectivity index (χ2v) is 6.51. The normalized spacial score (nSPS) is 10.3. The van der Waals surface area contributed by atoms with E-state index in [1.165, 1.54) is 18.3 Å². The third-order valence-electron chi connectivity index (χ3n) is 3.70. The Hall–Kier alpha value is -2.61. The van der Waals surface area contributed by atoms with Gasteiger partial charge in [-0.2, -0.15) is 0 Å². The molecule has 0 aliphatic rings. The lowest BCUT2D eigenvalue weighted by molar-refractivity contribution is -0.145. The van der Waals surface area contributed by atoms with E-state index in [1.807, 2.05) is 31.2 Å². The highest BCUT2D eigenvalue weighted by Crippen LogP contribution is 2.21. The van der Waals surface area contributed by atoms with Gasteiger partial charge in [-0.25, -0.2) is 4.98 Å². The number of ether oxygens (including phenoxy) is 3. The number of carbonyl (C=O) groups is 2. The highest BCUT2D eigenvalue weighted by atomic mass is 32.1. The summed E-state index contributed by atoms with van der Waals surface area (Å²) in [4.78, 5) is 29.3. The number of nitrogens with zero attached hydrogens (tertiary/aromatic N) is 2. The molecule has 0 aliphatic carbocycles. The number of amides is 1. The number of hydrogen-bond acceptors (Lipinski definition) is 7. The first-order chi connectivity index (χ1) is 13.0. The van der Waals surface area contributed by atoms with Gasteiger partial charge >= 0.3 is 5.97 Å². The van der Waals surface area contributed by atoms with Crippen molar-refractivity contribution in [2.45, 2.75) is 33.3 Å². The Morgan fingerprint density at radius 3 is 2.52 bits per heavy atom. The minimum atomic E-state index is -0.304. The van der Waals surface area contributed by atoms with Crippen molar-refractivity contribution < 1.29 is 23.8 Å². The number of anilines is 1. The van der Waals surface area contributed by atoms with Gasteiger partial charge in [-0.05, 0) is 37.6 Å². The molecule has 0 fully saturated rings. The molecule has 0 unspecified atom stereocenters. The van der Waals surface area contributed by atoms with E-state index in [1.54, 1.807) is 17.4 Å². The third kappa shape index (κ3) is 6.56. The largest absolute Gasteiger partial charge is 0.497 e. The summed E-state index contributed by atoms with van der Waals surface area (Å²) < 4.78 is 15.9. The quantitative estimate of drug-likeness (QED) is 0.455. The van der Waals surface area contributed by atoms with Gasteiger partial charge in [0.15, 0.2) is 5.13 Å². The predicted molar refractivity (Wildman–Crippen MR) is 103 cm³/mol. The molecule has 0 bridgehead atoms. The van der Waals surface area contributed by atoms with Crippen molar-refractivity contribution in [2.75, 3.05) is 25.2 Å². The van der Waals surface area contributed by atoms with Crippen LogP contribution in [0.5, 0.6) is 11.5 Å². The van der Waals surface area contributed by atoms with Gasteiger partial charge in [0.05, 0.1) is 19.4 Å². The molecule has 0 radical (unpaired) electrons. The molecule has 0 spiro atoms. The van der Waals surface area contributed by atoms with Crippen molar-refractivity contribution in [3.05, 3.63) is 35.3 Å². The minimum absolute atomic E-state index is 0.0627. The number of methoxy groups -OCH3 is 1. The first-order valence-electron chi connectivity index (χ1n) is 8.68. The summed E-state index contributed by atoms with van der Waals surface area (Å²) in [7, 11) is 1.61. The van der Waals surface area contributed by atoms with Crippen LogP contribution in [0.4, 0.5) is 5.13 Å². The number of aromatic nitrogens is 1. The van der Waals surface area contributed by atoms with Gasteiger partial charge in [-0.3, -0.25) is 14.5 Å². The molecule has 7 nitrogen and oxygen atoms in total. The first-order valence-corrected chi connectivity index (χ1v) is 9.56. The van der Waals surface area contributed by atoms with E-state index in [-0.39, 0.29) is 24.9 Å². The topological polar surface area (TPSA) is 78.0 Å². The molecule has 0 saturated carbocycles. The van der Waals surface area contributed by atoms with Gasteiger partial charge < -0.3 is 14.2 Å². The number of carbonyl (C=O) groups excluding carboxylic acids is 2. The van der Waals surface area contributed by atoms with E-state index in [2.05, 4.69) is 4.98 Å². The Balaban J connectivity index is 1.67. The summed E-state index contributed by atoms with van der Waals surface area (Å²) in [5.41, 5.74) is 0.637. The summed E-state index contributed by atoms with van der Waals surface area (Å²) in [5, 5.41) is 2.41. The molecular weight excluding hydrogens is 368 g/mol. The van der Waals surface area contributed by atoms with Crippen LogP contribution in [0.15, 0.2) is 29.6 Å². The number of hydrogen-bond donors (Lipinski definition) is 0. The second-order valence-electron chi connectivity index (χ2n) is 5.67. The number of rotatable bonds is 10. The van der Waals surface area contributed by atoms with Crippen LogP contribution in [0, 0.1) is 0 Å².